The largest absolute Gasteiger partial charge is 0.449 e. The van der Waals surface area contributed by atoms with Crippen LogP contribution >= 0.6 is 0 Å². The van der Waals surface area contributed by atoms with Gasteiger partial charge in [-0.1, -0.05) is 37.3 Å². The van der Waals surface area contributed by atoms with Gasteiger partial charge in [0.1, 0.15) is 0 Å². The van der Waals surface area contributed by atoms with Crippen molar-refractivity contribution in [1.29, 1.82) is 0 Å². The number of H-pyrrole nitrogens is 1. The number of aromatic amines is 1. The van der Waals surface area contributed by atoms with Crippen molar-refractivity contribution in [2.45, 2.75) is 26.4 Å². The third kappa shape index (κ3) is 3.71. The molecule has 0 aliphatic rings. The Morgan fingerprint density at radius 2 is 1.84 bits per heavy atom. The Kier molecular flexibility index (Phi) is 4.84. The monoisotopic (exact) mass is 336 g/mol. The summed E-state index contributed by atoms with van der Waals surface area (Å²) in [5.41, 5.74) is 3.14. The minimum Gasteiger partial charge on any atom is -0.449 e. The molecule has 0 fully saturated rings. The van der Waals surface area contributed by atoms with Crippen molar-refractivity contribution >= 4 is 28.5 Å². The van der Waals surface area contributed by atoms with Gasteiger partial charge in [0.25, 0.3) is 5.91 Å². The van der Waals surface area contributed by atoms with Crippen LogP contribution in [0.3, 0.4) is 0 Å². The van der Waals surface area contributed by atoms with Crippen LogP contribution in [0.2, 0.25) is 0 Å². The van der Waals surface area contributed by atoms with E-state index in [1.807, 2.05) is 48.5 Å². The minimum atomic E-state index is -0.896. The van der Waals surface area contributed by atoms with E-state index in [1.54, 1.807) is 13.1 Å². The molecule has 1 amide bonds. The Morgan fingerprint density at radius 3 is 2.56 bits per heavy atom. The average molecular weight is 336 g/mol. The third-order valence-corrected chi connectivity index (χ3v) is 4.09. The topological polar surface area (TPSA) is 71.2 Å². The van der Waals surface area contributed by atoms with Crippen LogP contribution in [-0.2, 0) is 16.0 Å². The molecule has 1 heterocycles. The first-order valence-corrected chi connectivity index (χ1v) is 8.25. The number of fused-ring (bicyclic) bond motifs is 1. The molecule has 2 aromatic carbocycles. The zero-order chi connectivity index (χ0) is 17.8. The fourth-order valence-corrected chi connectivity index (χ4v) is 2.59. The van der Waals surface area contributed by atoms with Gasteiger partial charge in [-0.3, -0.25) is 4.79 Å². The summed E-state index contributed by atoms with van der Waals surface area (Å²) in [5, 5.41) is 3.53. The van der Waals surface area contributed by atoms with Crippen LogP contribution in [0.15, 0.2) is 54.7 Å². The van der Waals surface area contributed by atoms with Gasteiger partial charge < -0.3 is 15.0 Å². The number of nitrogens with one attached hydrogen (secondary N) is 2. The first-order valence-electron chi connectivity index (χ1n) is 8.25. The van der Waals surface area contributed by atoms with Crippen LogP contribution in [0.4, 0.5) is 5.69 Å². The van der Waals surface area contributed by atoms with E-state index >= 15 is 0 Å². The summed E-state index contributed by atoms with van der Waals surface area (Å²) in [5.74, 6) is -0.890. The molecule has 0 saturated heterocycles. The maximum absolute atomic E-state index is 12.3. The van der Waals surface area contributed by atoms with E-state index in [9.17, 15) is 9.59 Å². The molecule has 0 aliphatic carbocycles. The molecular weight excluding hydrogens is 316 g/mol. The number of esters is 1. The van der Waals surface area contributed by atoms with Crippen molar-refractivity contribution < 1.29 is 14.3 Å². The van der Waals surface area contributed by atoms with Gasteiger partial charge in [-0.15, -0.1) is 0 Å². The smallest absolute Gasteiger partial charge is 0.341 e. The summed E-state index contributed by atoms with van der Waals surface area (Å²) in [7, 11) is 0. The zero-order valence-corrected chi connectivity index (χ0v) is 14.2. The highest BCUT2D eigenvalue weighted by atomic mass is 16.5. The van der Waals surface area contributed by atoms with Gasteiger partial charge in [-0.2, -0.15) is 0 Å². The number of carbonyl (C=O) groups excluding carboxylic acids is 2. The Labute approximate surface area is 146 Å². The van der Waals surface area contributed by atoms with Crippen LogP contribution in [0, 0.1) is 0 Å². The van der Waals surface area contributed by atoms with E-state index in [1.165, 1.54) is 5.56 Å². The molecule has 3 aromatic rings. The highest BCUT2D eigenvalue weighted by Gasteiger charge is 2.21. The van der Waals surface area contributed by atoms with Crippen molar-refractivity contribution in [1.82, 2.24) is 4.98 Å². The fraction of sp³-hybridized carbons (Fsp3) is 0.200. The minimum absolute atomic E-state index is 0.363. The van der Waals surface area contributed by atoms with Crippen LogP contribution in [0.1, 0.15) is 29.8 Å². The summed E-state index contributed by atoms with van der Waals surface area (Å²) in [6.45, 7) is 3.63. The number of hydrogen-bond donors (Lipinski definition) is 2. The summed E-state index contributed by atoms with van der Waals surface area (Å²) < 4.78 is 5.31. The standard InChI is InChI=1S/C20H20N2O3/c1-3-14-8-10-15(11-9-14)22-19(23)13(2)25-20(24)17-12-21-18-7-5-4-6-16(17)18/h4-13,21H,3H2,1-2H3,(H,22,23)/t13-/m0/s1. The second-order valence-electron chi connectivity index (χ2n) is 5.84. The second kappa shape index (κ2) is 7.21. The van der Waals surface area contributed by atoms with Crippen molar-refractivity contribution in [2.75, 3.05) is 5.32 Å². The lowest BCUT2D eigenvalue weighted by atomic mass is 10.1. The zero-order valence-electron chi connectivity index (χ0n) is 14.2. The highest BCUT2D eigenvalue weighted by Crippen LogP contribution is 2.19. The molecule has 128 valence electrons. The molecule has 5 nitrogen and oxygen atoms in total. The van der Waals surface area contributed by atoms with Gasteiger partial charge in [0.15, 0.2) is 6.10 Å². The Balaban J connectivity index is 1.65. The summed E-state index contributed by atoms with van der Waals surface area (Å²) in [6, 6.07) is 15.0. The third-order valence-electron chi connectivity index (χ3n) is 4.09. The summed E-state index contributed by atoms with van der Waals surface area (Å²) in [6.07, 6.45) is 1.64. The van der Waals surface area contributed by atoms with Crippen LogP contribution in [-0.4, -0.2) is 23.0 Å². The maximum Gasteiger partial charge on any atom is 0.341 e. The van der Waals surface area contributed by atoms with E-state index in [4.69, 9.17) is 4.74 Å². The number of para-hydroxylation sites is 1. The van der Waals surface area contributed by atoms with E-state index in [-0.39, 0.29) is 5.91 Å². The Bertz CT molecular complexity index is 897. The van der Waals surface area contributed by atoms with E-state index in [2.05, 4.69) is 17.2 Å². The lowest BCUT2D eigenvalue weighted by Crippen LogP contribution is -2.29. The molecule has 5 heteroatoms. The predicted octanol–water partition coefficient (Wildman–Crippen LogP) is 3.91. The summed E-state index contributed by atoms with van der Waals surface area (Å²) in [4.78, 5) is 27.6. The number of amides is 1. The maximum atomic E-state index is 12.3. The second-order valence-corrected chi connectivity index (χ2v) is 5.84. The molecular formula is C20H20N2O3. The molecule has 0 bridgehead atoms. The van der Waals surface area contributed by atoms with Crippen molar-refractivity contribution in [2.24, 2.45) is 0 Å². The molecule has 0 radical (unpaired) electrons. The van der Waals surface area contributed by atoms with Gasteiger partial charge >= 0.3 is 5.97 Å². The van der Waals surface area contributed by atoms with E-state index in [0.717, 1.165) is 17.3 Å². The number of aryl methyl sites for hydroxylation is 1. The normalized spacial score (nSPS) is 11.9. The van der Waals surface area contributed by atoms with Gasteiger partial charge in [-0.25, -0.2) is 4.79 Å². The van der Waals surface area contributed by atoms with E-state index < -0.39 is 12.1 Å². The van der Waals surface area contributed by atoms with E-state index in [0.29, 0.717) is 11.3 Å². The molecule has 3 rings (SSSR count). The quantitative estimate of drug-likeness (QED) is 0.694. The number of carbonyl (C=O) groups is 2. The van der Waals surface area contributed by atoms with Crippen molar-refractivity contribution in [3.63, 3.8) is 0 Å². The lowest BCUT2D eigenvalue weighted by molar-refractivity contribution is -0.123. The molecule has 1 aromatic heterocycles. The first kappa shape index (κ1) is 16.8. The average Bonchev–Trinajstić information content (AvgIpc) is 3.06. The predicted molar refractivity (Wildman–Crippen MR) is 97.6 cm³/mol. The number of rotatable bonds is 5. The van der Waals surface area contributed by atoms with Crippen LogP contribution in [0.5, 0.6) is 0 Å². The van der Waals surface area contributed by atoms with Gasteiger partial charge in [0, 0.05) is 22.8 Å². The van der Waals surface area contributed by atoms with Gasteiger partial charge in [0.2, 0.25) is 0 Å². The Hall–Kier alpha value is -3.08. The lowest BCUT2D eigenvalue weighted by Gasteiger charge is -2.13. The molecule has 0 saturated carbocycles. The number of ether oxygens (including phenoxy) is 1. The SMILES string of the molecule is CCc1ccc(NC(=O)[C@H](C)OC(=O)c2c[nH]c3ccccc23)cc1. The Morgan fingerprint density at radius 1 is 1.12 bits per heavy atom. The number of anilines is 1. The van der Waals surface area contributed by atoms with Crippen LogP contribution in [0.25, 0.3) is 10.9 Å². The summed E-state index contributed by atoms with van der Waals surface area (Å²) >= 11 is 0. The fourth-order valence-electron chi connectivity index (χ4n) is 2.59. The number of hydrogen-bond acceptors (Lipinski definition) is 3. The van der Waals surface area contributed by atoms with Crippen molar-refractivity contribution in [3.05, 3.63) is 65.9 Å². The highest BCUT2D eigenvalue weighted by molar-refractivity contribution is 6.05. The molecule has 2 N–H and O–H groups in total. The van der Waals surface area contributed by atoms with Gasteiger partial charge in [0.05, 0.1) is 5.56 Å². The molecule has 0 spiro atoms. The van der Waals surface area contributed by atoms with Crippen LogP contribution < -0.4 is 5.32 Å². The van der Waals surface area contributed by atoms with Crippen molar-refractivity contribution in [3.8, 4) is 0 Å². The first-order chi connectivity index (χ1) is 12.1. The molecule has 25 heavy (non-hydrogen) atoms. The molecule has 0 aliphatic heterocycles. The van der Waals surface area contributed by atoms with Gasteiger partial charge in [-0.05, 0) is 37.1 Å². The number of aromatic nitrogens is 1. The number of benzene rings is 2. The molecule has 0 unspecified atom stereocenters. The molecule has 1 atom stereocenters.